The van der Waals surface area contributed by atoms with Crippen LogP contribution in [0.15, 0.2) is 32.9 Å². The topological polar surface area (TPSA) is 75.7 Å². The molecule has 16 heavy (non-hydrogen) atoms. The molecule has 3 N–H and O–H groups in total. The van der Waals surface area contributed by atoms with Gasteiger partial charge >= 0.3 is 0 Å². The lowest BCUT2D eigenvalue weighted by Gasteiger charge is -2.03. The summed E-state index contributed by atoms with van der Waals surface area (Å²) in [5.41, 5.74) is 7.65. The van der Waals surface area contributed by atoms with Gasteiger partial charge in [-0.1, -0.05) is 40.8 Å². The van der Waals surface area contributed by atoms with Crippen molar-refractivity contribution in [3.63, 3.8) is 0 Å². The van der Waals surface area contributed by atoms with Gasteiger partial charge in [-0.25, -0.2) is 0 Å². The number of nitrogens with one attached hydrogen (secondary N) is 1. The Balaban J connectivity index is 2.26. The number of aromatic nitrogens is 2. The van der Waals surface area contributed by atoms with Crippen LogP contribution in [-0.4, -0.2) is 16.0 Å². The number of hydrogen-bond donors (Lipinski definition) is 2. The second-order valence-electron chi connectivity index (χ2n) is 2.87. The van der Waals surface area contributed by atoms with Gasteiger partial charge < -0.3 is 5.73 Å². The minimum absolute atomic E-state index is 0.00867. The molecule has 0 unspecified atom stereocenters. The smallest absolute Gasteiger partial charge is 0.178 e. The summed E-state index contributed by atoms with van der Waals surface area (Å²) in [5, 5.41) is 15.5. The molecule has 0 spiro atoms. The fourth-order valence-electron chi connectivity index (χ4n) is 1.05. The molecule has 0 saturated heterocycles. The number of nitrogens with two attached hydrogens (primary N) is 1. The van der Waals surface area contributed by atoms with E-state index in [0.717, 1.165) is 9.24 Å². The van der Waals surface area contributed by atoms with Gasteiger partial charge in [0.25, 0.3) is 0 Å². The van der Waals surface area contributed by atoms with Crippen molar-refractivity contribution in [2.45, 2.75) is 9.24 Å². The first-order valence-electron chi connectivity index (χ1n) is 4.25. The molecule has 0 aliphatic rings. The van der Waals surface area contributed by atoms with Gasteiger partial charge in [0.15, 0.2) is 4.34 Å². The van der Waals surface area contributed by atoms with Gasteiger partial charge in [-0.3, -0.25) is 5.41 Å². The highest BCUT2D eigenvalue weighted by Gasteiger charge is 2.07. The third kappa shape index (κ3) is 2.52. The molecule has 0 aliphatic heterocycles. The highest BCUT2D eigenvalue weighted by Crippen LogP contribution is 2.34. The van der Waals surface area contributed by atoms with Crippen LogP contribution in [0.1, 0.15) is 5.56 Å². The Morgan fingerprint density at radius 3 is 2.88 bits per heavy atom. The third-order valence-electron chi connectivity index (χ3n) is 1.78. The molecule has 0 aliphatic carbocycles. The molecule has 0 bridgehead atoms. The van der Waals surface area contributed by atoms with E-state index in [1.165, 1.54) is 23.1 Å². The number of amidine groups is 1. The van der Waals surface area contributed by atoms with Crippen molar-refractivity contribution in [3.8, 4) is 0 Å². The average molecular weight is 271 g/mol. The van der Waals surface area contributed by atoms with Crippen molar-refractivity contribution in [3.05, 3.63) is 34.3 Å². The fourth-order valence-corrected chi connectivity index (χ4v) is 2.79. The predicted molar refractivity (Wildman–Crippen MR) is 66.5 cm³/mol. The van der Waals surface area contributed by atoms with Gasteiger partial charge in [0.05, 0.1) is 5.02 Å². The van der Waals surface area contributed by atoms with Gasteiger partial charge in [0, 0.05) is 10.5 Å². The Labute approximate surface area is 105 Å². The van der Waals surface area contributed by atoms with E-state index >= 15 is 0 Å². The Morgan fingerprint density at radius 2 is 2.31 bits per heavy atom. The van der Waals surface area contributed by atoms with Crippen molar-refractivity contribution in [1.82, 2.24) is 10.2 Å². The summed E-state index contributed by atoms with van der Waals surface area (Å²) in [6.07, 6.45) is 0. The van der Waals surface area contributed by atoms with Crippen LogP contribution in [0, 0.1) is 5.41 Å². The number of rotatable bonds is 3. The van der Waals surface area contributed by atoms with Crippen molar-refractivity contribution in [2.75, 3.05) is 0 Å². The second kappa shape index (κ2) is 4.82. The molecule has 1 aromatic heterocycles. The highest BCUT2D eigenvalue weighted by molar-refractivity contribution is 8.01. The normalized spacial score (nSPS) is 10.3. The third-order valence-corrected chi connectivity index (χ3v) is 4.06. The molecule has 4 nitrogen and oxygen atoms in total. The summed E-state index contributed by atoms with van der Waals surface area (Å²) >= 11 is 8.97. The Morgan fingerprint density at radius 1 is 1.50 bits per heavy atom. The lowest BCUT2D eigenvalue weighted by molar-refractivity contribution is 1.01. The molecular formula is C9H7ClN4S2. The van der Waals surface area contributed by atoms with Crippen LogP contribution in [0.25, 0.3) is 0 Å². The molecule has 0 radical (unpaired) electrons. The highest BCUT2D eigenvalue weighted by atomic mass is 35.5. The first kappa shape index (κ1) is 11.4. The van der Waals surface area contributed by atoms with Crippen molar-refractivity contribution >= 4 is 40.5 Å². The molecule has 82 valence electrons. The largest absolute Gasteiger partial charge is 0.384 e. The lowest BCUT2D eigenvalue weighted by atomic mass is 10.2. The summed E-state index contributed by atoms with van der Waals surface area (Å²) < 4.78 is 0.831. The molecule has 2 rings (SSSR count). The van der Waals surface area contributed by atoms with E-state index < -0.39 is 0 Å². The van der Waals surface area contributed by atoms with Crippen molar-refractivity contribution in [2.24, 2.45) is 5.73 Å². The van der Waals surface area contributed by atoms with Crippen molar-refractivity contribution < 1.29 is 0 Å². The van der Waals surface area contributed by atoms with E-state index in [2.05, 4.69) is 10.2 Å². The SMILES string of the molecule is N=C(N)c1ccc(Sc2nncs2)c(Cl)c1. The predicted octanol–water partition coefficient (Wildman–Crippen LogP) is 2.63. The molecule has 1 aromatic carbocycles. The first-order valence-corrected chi connectivity index (χ1v) is 6.32. The van der Waals surface area contributed by atoms with Gasteiger partial charge in [0.1, 0.15) is 11.3 Å². The van der Waals surface area contributed by atoms with Crippen LogP contribution in [0.3, 0.4) is 0 Å². The number of benzene rings is 1. The summed E-state index contributed by atoms with van der Waals surface area (Å²) in [7, 11) is 0. The number of hydrogen-bond acceptors (Lipinski definition) is 5. The number of halogens is 1. The zero-order chi connectivity index (χ0) is 11.5. The van der Waals surface area contributed by atoms with Crippen LogP contribution >= 0.6 is 34.7 Å². The molecule has 0 atom stereocenters. The maximum atomic E-state index is 7.29. The second-order valence-corrected chi connectivity index (χ2v) is 5.40. The van der Waals surface area contributed by atoms with Crippen LogP contribution in [0.4, 0.5) is 0 Å². The van der Waals surface area contributed by atoms with Gasteiger partial charge in [-0.2, -0.15) is 0 Å². The zero-order valence-electron chi connectivity index (χ0n) is 7.98. The molecule has 7 heteroatoms. The van der Waals surface area contributed by atoms with Gasteiger partial charge in [0.2, 0.25) is 0 Å². The molecule has 2 aromatic rings. The van der Waals surface area contributed by atoms with Crippen molar-refractivity contribution in [1.29, 1.82) is 5.41 Å². The van der Waals surface area contributed by atoms with Crippen LogP contribution in [0.5, 0.6) is 0 Å². The zero-order valence-corrected chi connectivity index (χ0v) is 10.4. The van der Waals surface area contributed by atoms with Crippen LogP contribution < -0.4 is 5.73 Å². The van der Waals surface area contributed by atoms with Crippen LogP contribution in [0.2, 0.25) is 5.02 Å². The molecule has 1 heterocycles. The van der Waals surface area contributed by atoms with E-state index in [9.17, 15) is 0 Å². The quantitative estimate of drug-likeness (QED) is 0.664. The van der Waals surface area contributed by atoms with E-state index in [1.807, 2.05) is 6.07 Å². The van der Waals surface area contributed by atoms with Gasteiger partial charge in [-0.15, -0.1) is 10.2 Å². The minimum atomic E-state index is 0.00867. The molecule has 0 fully saturated rings. The summed E-state index contributed by atoms with van der Waals surface area (Å²) in [6.45, 7) is 0. The summed E-state index contributed by atoms with van der Waals surface area (Å²) in [5.74, 6) is 0.00867. The van der Waals surface area contributed by atoms with E-state index in [1.54, 1.807) is 17.6 Å². The molecular weight excluding hydrogens is 264 g/mol. The standard InChI is InChI=1S/C9H7ClN4S2/c10-6-3-5(8(11)12)1-2-7(6)16-9-14-13-4-15-9/h1-4H,(H3,11,12). The van der Waals surface area contributed by atoms with E-state index in [-0.39, 0.29) is 5.84 Å². The van der Waals surface area contributed by atoms with E-state index in [4.69, 9.17) is 22.7 Å². The first-order chi connectivity index (χ1) is 7.66. The Bertz CT molecular complexity index is 512. The fraction of sp³-hybridized carbons (Fsp3) is 0. The number of nitrogen functional groups attached to an aromatic ring is 1. The summed E-state index contributed by atoms with van der Waals surface area (Å²) in [6, 6.07) is 5.26. The molecule has 0 amide bonds. The molecule has 0 saturated carbocycles. The maximum Gasteiger partial charge on any atom is 0.178 e. The lowest BCUT2D eigenvalue weighted by Crippen LogP contribution is -2.10. The number of nitrogens with zero attached hydrogens (tertiary/aromatic N) is 2. The Kier molecular flexibility index (Phi) is 3.42. The van der Waals surface area contributed by atoms with Gasteiger partial charge in [-0.05, 0) is 12.1 Å². The maximum absolute atomic E-state index is 7.29. The monoisotopic (exact) mass is 270 g/mol. The van der Waals surface area contributed by atoms with Crippen LogP contribution in [-0.2, 0) is 0 Å². The van der Waals surface area contributed by atoms with E-state index in [0.29, 0.717) is 10.6 Å². The summed E-state index contributed by atoms with van der Waals surface area (Å²) in [4.78, 5) is 0.878. The average Bonchev–Trinajstić information content (AvgIpc) is 2.73. The Hall–Kier alpha value is -1.11. The minimum Gasteiger partial charge on any atom is -0.384 e.